The lowest BCUT2D eigenvalue weighted by Gasteiger charge is -2.17. The molecular formula is C12H18N4O2. The van der Waals surface area contributed by atoms with Gasteiger partial charge in [-0.15, -0.1) is 0 Å². The van der Waals surface area contributed by atoms with E-state index in [0.717, 1.165) is 5.69 Å². The van der Waals surface area contributed by atoms with Crippen LogP contribution in [0.1, 0.15) is 30.0 Å². The monoisotopic (exact) mass is 250 g/mol. The Morgan fingerprint density at radius 1 is 1.33 bits per heavy atom. The molecule has 0 saturated carbocycles. The molecule has 1 heterocycles. The van der Waals surface area contributed by atoms with E-state index < -0.39 is 0 Å². The topological polar surface area (TPSA) is 75.2 Å². The first-order valence-corrected chi connectivity index (χ1v) is 5.73. The van der Waals surface area contributed by atoms with E-state index in [4.69, 9.17) is 0 Å². The first kappa shape index (κ1) is 14.1. The van der Waals surface area contributed by atoms with Crippen molar-refractivity contribution in [3.05, 3.63) is 23.8 Å². The number of rotatable bonds is 4. The molecule has 1 N–H and O–H groups in total. The van der Waals surface area contributed by atoms with E-state index in [1.165, 1.54) is 17.3 Å². The van der Waals surface area contributed by atoms with Crippen LogP contribution >= 0.6 is 0 Å². The molecular weight excluding hydrogens is 232 g/mol. The Morgan fingerprint density at radius 3 is 2.50 bits per heavy atom. The van der Waals surface area contributed by atoms with Gasteiger partial charge >= 0.3 is 0 Å². The van der Waals surface area contributed by atoms with Crippen molar-refractivity contribution in [2.75, 3.05) is 13.6 Å². The first-order chi connectivity index (χ1) is 8.40. The van der Waals surface area contributed by atoms with Crippen LogP contribution in [0.2, 0.25) is 0 Å². The zero-order valence-corrected chi connectivity index (χ0v) is 11.1. The van der Waals surface area contributed by atoms with Crippen LogP contribution in [0.25, 0.3) is 0 Å². The summed E-state index contributed by atoms with van der Waals surface area (Å²) in [5.74, 6) is -0.512. The molecule has 0 saturated heterocycles. The fourth-order valence-electron chi connectivity index (χ4n) is 1.35. The van der Waals surface area contributed by atoms with Crippen LogP contribution in [-0.4, -0.2) is 46.3 Å². The number of carbonyl (C=O) groups excluding carboxylic acids is 2. The molecule has 1 rings (SSSR count). The summed E-state index contributed by atoms with van der Waals surface area (Å²) in [4.78, 5) is 32.7. The lowest BCUT2D eigenvalue weighted by Crippen LogP contribution is -2.41. The molecule has 1 aromatic heterocycles. The maximum absolute atomic E-state index is 11.9. The summed E-state index contributed by atoms with van der Waals surface area (Å²) in [6.45, 7) is 5.53. The van der Waals surface area contributed by atoms with Gasteiger partial charge in [0.05, 0.1) is 18.4 Å². The fourth-order valence-corrected chi connectivity index (χ4v) is 1.35. The van der Waals surface area contributed by atoms with Crippen LogP contribution in [0.15, 0.2) is 12.4 Å². The Morgan fingerprint density at radius 2 is 2.00 bits per heavy atom. The maximum atomic E-state index is 11.9. The van der Waals surface area contributed by atoms with Crippen molar-refractivity contribution in [2.24, 2.45) is 0 Å². The van der Waals surface area contributed by atoms with Crippen molar-refractivity contribution in [1.29, 1.82) is 0 Å². The second kappa shape index (κ2) is 6.09. The molecule has 0 unspecified atom stereocenters. The molecule has 0 atom stereocenters. The van der Waals surface area contributed by atoms with Gasteiger partial charge in [0.2, 0.25) is 5.91 Å². The third-order valence-corrected chi connectivity index (χ3v) is 2.18. The van der Waals surface area contributed by atoms with Gasteiger partial charge in [-0.3, -0.25) is 14.6 Å². The van der Waals surface area contributed by atoms with Gasteiger partial charge in [0.1, 0.15) is 5.69 Å². The smallest absolute Gasteiger partial charge is 0.274 e. The maximum Gasteiger partial charge on any atom is 0.274 e. The van der Waals surface area contributed by atoms with Gasteiger partial charge in [0.15, 0.2) is 0 Å². The Balaban J connectivity index is 2.61. The molecule has 6 heteroatoms. The van der Waals surface area contributed by atoms with E-state index >= 15 is 0 Å². The summed E-state index contributed by atoms with van der Waals surface area (Å²) in [5.41, 5.74) is 0.979. The van der Waals surface area contributed by atoms with Crippen LogP contribution in [-0.2, 0) is 4.79 Å². The Hall–Kier alpha value is -1.98. The highest BCUT2D eigenvalue weighted by Crippen LogP contribution is 1.99. The average Bonchev–Trinajstić information content (AvgIpc) is 2.27. The van der Waals surface area contributed by atoms with Crippen LogP contribution in [0.5, 0.6) is 0 Å². The third kappa shape index (κ3) is 4.12. The van der Waals surface area contributed by atoms with Crippen molar-refractivity contribution in [3.8, 4) is 0 Å². The zero-order chi connectivity index (χ0) is 13.7. The van der Waals surface area contributed by atoms with Gasteiger partial charge in [0, 0.05) is 19.3 Å². The Bertz CT molecular complexity index is 428. The number of nitrogens with one attached hydrogen (secondary N) is 1. The van der Waals surface area contributed by atoms with E-state index in [9.17, 15) is 9.59 Å². The largest absolute Gasteiger partial charge is 0.352 e. The van der Waals surface area contributed by atoms with Crippen LogP contribution in [0.3, 0.4) is 0 Å². The standard InChI is InChI=1S/C12H18N4O2/c1-8(2)15-11(17)7-16(4)12(18)10-6-13-9(3)5-14-10/h5-6,8H,7H2,1-4H3,(H,15,17). The molecule has 0 radical (unpaired) electrons. The first-order valence-electron chi connectivity index (χ1n) is 5.73. The lowest BCUT2D eigenvalue weighted by atomic mass is 10.3. The van der Waals surface area contributed by atoms with E-state index in [0.29, 0.717) is 0 Å². The second-order valence-electron chi connectivity index (χ2n) is 4.43. The highest BCUT2D eigenvalue weighted by Gasteiger charge is 2.16. The number of aryl methyl sites for hydroxylation is 1. The normalized spacial score (nSPS) is 10.3. The van der Waals surface area contributed by atoms with Gasteiger partial charge in [-0.1, -0.05) is 0 Å². The number of likely N-dealkylation sites (N-methyl/N-ethyl adjacent to an activating group) is 1. The van der Waals surface area contributed by atoms with E-state index in [1.807, 2.05) is 13.8 Å². The number of carbonyl (C=O) groups is 2. The summed E-state index contributed by atoms with van der Waals surface area (Å²) in [6.07, 6.45) is 2.93. The number of aromatic nitrogens is 2. The van der Waals surface area contributed by atoms with Gasteiger partial charge in [-0.05, 0) is 20.8 Å². The van der Waals surface area contributed by atoms with E-state index in [2.05, 4.69) is 15.3 Å². The molecule has 2 amide bonds. The van der Waals surface area contributed by atoms with Crippen LogP contribution < -0.4 is 5.32 Å². The molecule has 18 heavy (non-hydrogen) atoms. The molecule has 0 spiro atoms. The Labute approximate surface area is 106 Å². The van der Waals surface area contributed by atoms with Crippen LogP contribution in [0.4, 0.5) is 0 Å². The molecule has 0 aliphatic carbocycles. The van der Waals surface area contributed by atoms with E-state index in [1.54, 1.807) is 14.0 Å². The highest BCUT2D eigenvalue weighted by atomic mass is 16.2. The van der Waals surface area contributed by atoms with Crippen molar-refractivity contribution < 1.29 is 9.59 Å². The predicted octanol–water partition coefficient (Wildman–Crippen LogP) is 0.382. The minimum Gasteiger partial charge on any atom is -0.352 e. The molecule has 98 valence electrons. The minimum atomic E-state index is -0.318. The number of hydrogen-bond acceptors (Lipinski definition) is 4. The van der Waals surface area contributed by atoms with Crippen molar-refractivity contribution in [2.45, 2.75) is 26.8 Å². The molecule has 0 aromatic carbocycles. The predicted molar refractivity (Wildman–Crippen MR) is 67.0 cm³/mol. The molecule has 0 aliphatic heterocycles. The summed E-state index contributed by atoms with van der Waals surface area (Å²) in [7, 11) is 1.56. The minimum absolute atomic E-state index is 0.00652. The highest BCUT2D eigenvalue weighted by molar-refractivity contribution is 5.94. The van der Waals surface area contributed by atoms with Crippen molar-refractivity contribution in [1.82, 2.24) is 20.2 Å². The number of nitrogens with zero attached hydrogens (tertiary/aromatic N) is 3. The lowest BCUT2D eigenvalue weighted by molar-refractivity contribution is -0.122. The Kier molecular flexibility index (Phi) is 4.76. The molecule has 0 bridgehead atoms. The third-order valence-electron chi connectivity index (χ3n) is 2.18. The molecule has 0 fully saturated rings. The average molecular weight is 250 g/mol. The van der Waals surface area contributed by atoms with Gasteiger partial charge in [-0.25, -0.2) is 4.98 Å². The summed E-state index contributed by atoms with van der Waals surface area (Å²) >= 11 is 0. The summed E-state index contributed by atoms with van der Waals surface area (Å²) in [5, 5.41) is 2.72. The molecule has 1 aromatic rings. The van der Waals surface area contributed by atoms with Crippen molar-refractivity contribution in [3.63, 3.8) is 0 Å². The number of hydrogen-bond donors (Lipinski definition) is 1. The molecule has 6 nitrogen and oxygen atoms in total. The van der Waals surface area contributed by atoms with Gasteiger partial charge in [-0.2, -0.15) is 0 Å². The zero-order valence-electron chi connectivity index (χ0n) is 11.1. The van der Waals surface area contributed by atoms with E-state index in [-0.39, 0.29) is 30.1 Å². The number of amides is 2. The van der Waals surface area contributed by atoms with Crippen molar-refractivity contribution >= 4 is 11.8 Å². The summed E-state index contributed by atoms with van der Waals surface area (Å²) < 4.78 is 0. The van der Waals surface area contributed by atoms with Gasteiger partial charge in [0.25, 0.3) is 5.91 Å². The second-order valence-corrected chi connectivity index (χ2v) is 4.43. The fraction of sp³-hybridized carbons (Fsp3) is 0.500. The SMILES string of the molecule is Cc1cnc(C(=O)N(C)CC(=O)NC(C)C)cn1. The van der Waals surface area contributed by atoms with Gasteiger partial charge < -0.3 is 10.2 Å². The van der Waals surface area contributed by atoms with Crippen LogP contribution in [0, 0.1) is 6.92 Å². The summed E-state index contributed by atoms with van der Waals surface area (Å²) in [6, 6.07) is 0.0557. The quantitative estimate of drug-likeness (QED) is 0.838. The molecule has 0 aliphatic rings.